The van der Waals surface area contributed by atoms with E-state index in [1.165, 1.54) is 6.42 Å². The lowest BCUT2D eigenvalue weighted by molar-refractivity contribution is -0.145. The number of nitrogens with one attached hydrogen (secondary N) is 1. The second kappa shape index (κ2) is 5.29. The monoisotopic (exact) mass is 253 g/mol. The van der Waals surface area contributed by atoms with Crippen molar-refractivity contribution in [2.45, 2.75) is 57.9 Å². The van der Waals surface area contributed by atoms with Crippen LogP contribution in [0.2, 0.25) is 0 Å². The molecular formula is C14H23NO3. The number of ether oxygens (including phenoxy) is 1. The Hall–Kier alpha value is -1.06. The third-order valence-corrected chi connectivity index (χ3v) is 4.54. The van der Waals surface area contributed by atoms with Gasteiger partial charge in [0.15, 0.2) is 0 Å². The quantitative estimate of drug-likeness (QED) is 0.783. The summed E-state index contributed by atoms with van der Waals surface area (Å²) in [5, 5.41) is 3.17. The number of rotatable bonds is 3. The van der Waals surface area contributed by atoms with Crippen molar-refractivity contribution in [3.8, 4) is 0 Å². The maximum atomic E-state index is 11.9. The van der Waals surface area contributed by atoms with Gasteiger partial charge in [0.05, 0.1) is 13.0 Å². The van der Waals surface area contributed by atoms with E-state index in [1.54, 1.807) is 0 Å². The molecule has 0 bridgehead atoms. The van der Waals surface area contributed by atoms with Crippen LogP contribution in [0.3, 0.4) is 0 Å². The summed E-state index contributed by atoms with van der Waals surface area (Å²) >= 11 is 0. The Bertz CT molecular complexity index is 334. The Labute approximate surface area is 108 Å². The second-order valence-corrected chi connectivity index (χ2v) is 5.61. The average molecular weight is 253 g/mol. The summed E-state index contributed by atoms with van der Waals surface area (Å²) in [7, 11) is 0. The molecule has 1 saturated carbocycles. The molecule has 0 radical (unpaired) electrons. The molecule has 1 aliphatic carbocycles. The van der Waals surface area contributed by atoms with Gasteiger partial charge in [0.25, 0.3) is 0 Å². The van der Waals surface area contributed by atoms with Crippen molar-refractivity contribution in [1.29, 1.82) is 0 Å². The van der Waals surface area contributed by atoms with Gasteiger partial charge in [0, 0.05) is 17.4 Å². The summed E-state index contributed by atoms with van der Waals surface area (Å²) in [6.45, 7) is 4.16. The van der Waals surface area contributed by atoms with Crippen molar-refractivity contribution >= 4 is 11.9 Å². The van der Waals surface area contributed by atoms with Crippen LogP contribution in [-0.4, -0.2) is 24.0 Å². The summed E-state index contributed by atoms with van der Waals surface area (Å²) < 4.78 is 5.04. The SMILES string of the molecule is CCOC(=O)C[C@@H]1[C@@H](C)C(=O)NC12CCCCC2. The molecule has 2 rings (SSSR count). The highest BCUT2D eigenvalue weighted by Crippen LogP contribution is 2.44. The van der Waals surface area contributed by atoms with E-state index < -0.39 is 0 Å². The Morgan fingerprint density at radius 2 is 2.06 bits per heavy atom. The van der Waals surface area contributed by atoms with Gasteiger partial charge in [0.1, 0.15) is 0 Å². The standard InChI is InChI=1S/C14H23NO3/c1-3-18-12(16)9-11-10(2)13(17)15-14(11)7-5-4-6-8-14/h10-11H,3-9H2,1-2H3,(H,15,17)/t10-,11-/m1/s1. The van der Waals surface area contributed by atoms with Crippen LogP contribution in [0, 0.1) is 11.8 Å². The number of esters is 1. The van der Waals surface area contributed by atoms with E-state index >= 15 is 0 Å². The molecule has 2 atom stereocenters. The Kier molecular flexibility index (Phi) is 3.93. The zero-order valence-electron chi connectivity index (χ0n) is 11.3. The van der Waals surface area contributed by atoms with E-state index in [-0.39, 0.29) is 29.3 Å². The first-order valence-electron chi connectivity index (χ1n) is 7.07. The molecule has 4 heteroatoms. The van der Waals surface area contributed by atoms with E-state index in [0.29, 0.717) is 13.0 Å². The molecule has 0 aromatic rings. The fraction of sp³-hybridized carbons (Fsp3) is 0.857. The van der Waals surface area contributed by atoms with E-state index in [2.05, 4.69) is 5.32 Å². The maximum absolute atomic E-state index is 11.9. The van der Waals surface area contributed by atoms with Crippen molar-refractivity contribution < 1.29 is 14.3 Å². The minimum atomic E-state index is -0.171. The van der Waals surface area contributed by atoms with E-state index in [9.17, 15) is 9.59 Å². The van der Waals surface area contributed by atoms with Crippen LogP contribution in [0.5, 0.6) is 0 Å². The Balaban J connectivity index is 2.12. The van der Waals surface area contributed by atoms with Crippen LogP contribution < -0.4 is 5.32 Å². The van der Waals surface area contributed by atoms with Crippen LogP contribution in [0.1, 0.15) is 52.4 Å². The van der Waals surface area contributed by atoms with Gasteiger partial charge < -0.3 is 10.1 Å². The first-order chi connectivity index (χ1) is 8.59. The normalized spacial score (nSPS) is 30.2. The van der Waals surface area contributed by atoms with Gasteiger partial charge in [-0.1, -0.05) is 26.2 Å². The largest absolute Gasteiger partial charge is 0.466 e. The lowest BCUT2D eigenvalue weighted by Crippen LogP contribution is -2.48. The van der Waals surface area contributed by atoms with Gasteiger partial charge in [-0.15, -0.1) is 0 Å². The molecule has 2 aliphatic rings. The van der Waals surface area contributed by atoms with Gasteiger partial charge >= 0.3 is 5.97 Å². The summed E-state index contributed by atoms with van der Waals surface area (Å²) in [6, 6.07) is 0. The predicted octanol–water partition coefficient (Wildman–Crippen LogP) is 2.02. The highest BCUT2D eigenvalue weighted by molar-refractivity contribution is 5.84. The summed E-state index contributed by atoms with van der Waals surface area (Å²) in [6.07, 6.45) is 5.91. The number of hydrogen-bond donors (Lipinski definition) is 1. The first kappa shape index (κ1) is 13.4. The van der Waals surface area contributed by atoms with Crippen molar-refractivity contribution in [2.24, 2.45) is 11.8 Å². The molecule has 2 fully saturated rings. The highest BCUT2D eigenvalue weighted by atomic mass is 16.5. The van der Waals surface area contributed by atoms with Gasteiger partial charge in [-0.2, -0.15) is 0 Å². The smallest absolute Gasteiger partial charge is 0.306 e. The molecule has 1 aliphatic heterocycles. The number of hydrogen-bond acceptors (Lipinski definition) is 3. The average Bonchev–Trinajstić information content (AvgIpc) is 2.56. The third kappa shape index (κ3) is 2.38. The molecular weight excluding hydrogens is 230 g/mol. The molecule has 1 N–H and O–H groups in total. The Morgan fingerprint density at radius 3 is 2.67 bits per heavy atom. The minimum absolute atomic E-state index is 0.0764. The summed E-state index contributed by atoms with van der Waals surface area (Å²) in [4.78, 5) is 23.6. The molecule has 0 unspecified atom stereocenters. The lowest BCUT2D eigenvalue weighted by Gasteiger charge is -2.39. The summed E-state index contributed by atoms with van der Waals surface area (Å²) in [5.74, 6) is -0.0427. The first-order valence-corrected chi connectivity index (χ1v) is 7.07. The number of carbonyl (C=O) groups excluding carboxylic acids is 2. The van der Waals surface area contributed by atoms with E-state index in [4.69, 9.17) is 4.74 Å². The van der Waals surface area contributed by atoms with Crippen LogP contribution in [0.15, 0.2) is 0 Å². The topological polar surface area (TPSA) is 55.4 Å². The van der Waals surface area contributed by atoms with Gasteiger partial charge in [-0.05, 0) is 19.8 Å². The van der Waals surface area contributed by atoms with Gasteiger partial charge in [0.2, 0.25) is 5.91 Å². The molecule has 1 heterocycles. The fourth-order valence-electron chi connectivity index (χ4n) is 3.56. The van der Waals surface area contributed by atoms with Crippen LogP contribution in [-0.2, 0) is 14.3 Å². The molecule has 1 amide bonds. The van der Waals surface area contributed by atoms with Gasteiger partial charge in [-0.3, -0.25) is 9.59 Å². The molecule has 0 aromatic carbocycles. The highest BCUT2D eigenvalue weighted by Gasteiger charge is 2.51. The van der Waals surface area contributed by atoms with Crippen molar-refractivity contribution in [3.05, 3.63) is 0 Å². The lowest BCUT2D eigenvalue weighted by atomic mass is 9.70. The van der Waals surface area contributed by atoms with E-state index in [1.807, 2.05) is 13.8 Å². The molecule has 0 aromatic heterocycles. The third-order valence-electron chi connectivity index (χ3n) is 4.54. The molecule has 102 valence electrons. The molecule has 4 nitrogen and oxygen atoms in total. The zero-order valence-corrected chi connectivity index (χ0v) is 11.3. The Morgan fingerprint density at radius 1 is 1.39 bits per heavy atom. The predicted molar refractivity (Wildman–Crippen MR) is 67.9 cm³/mol. The maximum Gasteiger partial charge on any atom is 0.306 e. The second-order valence-electron chi connectivity index (χ2n) is 5.61. The minimum Gasteiger partial charge on any atom is -0.466 e. The van der Waals surface area contributed by atoms with Crippen molar-refractivity contribution in [2.75, 3.05) is 6.61 Å². The van der Waals surface area contributed by atoms with Crippen LogP contribution in [0.4, 0.5) is 0 Å². The summed E-state index contributed by atoms with van der Waals surface area (Å²) in [5.41, 5.74) is -0.137. The fourth-order valence-corrected chi connectivity index (χ4v) is 3.56. The van der Waals surface area contributed by atoms with Crippen LogP contribution >= 0.6 is 0 Å². The van der Waals surface area contributed by atoms with E-state index in [0.717, 1.165) is 25.7 Å². The van der Waals surface area contributed by atoms with Crippen molar-refractivity contribution in [1.82, 2.24) is 5.32 Å². The zero-order chi connectivity index (χ0) is 13.2. The van der Waals surface area contributed by atoms with Gasteiger partial charge in [-0.25, -0.2) is 0 Å². The van der Waals surface area contributed by atoms with Crippen molar-refractivity contribution in [3.63, 3.8) is 0 Å². The van der Waals surface area contributed by atoms with Crippen LogP contribution in [0.25, 0.3) is 0 Å². The molecule has 1 saturated heterocycles. The number of carbonyl (C=O) groups is 2. The number of amides is 1. The molecule has 1 spiro atoms. The molecule has 18 heavy (non-hydrogen) atoms.